The number of hydrogen-bond donors (Lipinski definition) is 2. The van der Waals surface area contributed by atoms with Crippen LogP contribution in [0.3, 0.4) is 0 Å². The summed E-state index contributed by atoms with van der Waals surface area (Å²) in [6, 6.07) is 1.79. The highest BCUT2D eigenvalue weighted by molar-refractivity contribution is 6.06. The zero-order valence-corrected chi connectivity index (χ0v) is 12.8. The molecule has 114 valence electrons. The summed E-state index contributed by atoms with van der Waals surface area (Å²) >= 11 is 0. The fourth-order valence-corrected chi connectivity index (χ4v) is 2.08. The molecule has 0 saturated heterocycles. The largest absolute Gasteiger partial charge is 0.393 e. The third-order valence-electron chi connectivity index (χ3n) is 3.32. The van der Waals surface area contributed by atoms with Crippen LogP contribution in [-0.2, 0) is 0 Å². The summed E-state index contributed by atoms with van der Waals surface area (Å²) in [5.41, 5.74) is 2.35. The van der Waals surface area contributed by atoms with Crippen molar-refractivity contribution in [1.82, 2.24) is 15.5 Å². The van der Waals surface area contributed by atoms with Crippen LogP contribution in [0.2, 0.25) is 0 Å². The van der Waals surface area contributed by atoms with Crippen LogP contribution in [0.1, 0.15) is 54.9 Å². The number of pyridine rings is 1. The van der Waals surface area contributed by atoms with Crippen molar-refractivity contribution in [2.45, 2.75) is 46.1 Å². The van der Waals surface area contributed by atoms with E-state index in [1.807, 2.05) is 13.8 Å². The molecule has 2 aromatic heterocycles. The van der Waals surface area contributed by atoms with Crippen LogP contribution >= 0.6 is 0 Å². The van der Waals surface area contributed by atoms with Crippen LogP contribution in [0.4, 0.5) is 0 Å². The molecule has 1 unspecified atom stereocenters. The highest BCUT2D eigenvalue weighted by Gasteiger charge is 2.19. The third kappa shape index (κ3) is 3.39. The Kier molecular flexibility index (Phi) is 4.57. The van der Waals surface area contributed by atoms with Gasteiger partial charge in [0.1, 0.15) is 0 Å². The summed E-state index contributed by atoms with van der Waals surface area (Å²) in [6.07, 6.45) is 0.0749. The second kappa shape index (κ2) is 6.22. The van der Waals surface area contributed by atoms with E-state index in [0.29, 0.717) is 35.3 Å². The number of aryl methyl sites for hydroxylation is 1. The van der Waals surface area contributed by atoms with Gasteiger partial charge in [0, 0.05) is 12.2 Å². The van der Waals surface area contributed by atoms with Gasteiger partial charge in [0.15, 0.2) is 0 Å². The molecular formula is C15H21N3O3. The van der Waals surface area contributed by atoms with E-state index in [9.17, 15) is 9.90 Å². The van der Waals surface area contributed by atoms with Gasteiger partial charge in [-0.1, -0.05) is 19.0 Å². The molecule has 0 bridgehead atoms. The smallest absolute Gasteiger partial charge is 0.259 e. The van der Waals surface area contributed by atoms with E-state index in [-0.39, 0.29) is 11.8 Å². The summed E-state index contributed by atoms with van der Waals surface area (Å²) in [5, 5.41) is 16.6. The fraction of sp³-hybridized carbons (Fsp3) is 0.533. The first kappa shape index (κ1) is 15.4. The Morgan fingerprint density at radius 2 is 2.14 bits per heavy atom. The van der Waals surface area contributed by atoms with Gasteiger partial charge in [0.25, 0.3) is 11.6 Å². The first-order valence-electron chi connectivity index (χ1n) is 7.13. The van der Waals surface area contributed by atoms with E-state index in [4.69, 9.17) is 4.52 Å². The highest BCUT2D eigenvalue weighted by Crippen LogP contribution is 2.24. The maximum Gasteiger partial charge on any atom is 0.259 e. The molecule has 0 saturated carbocycles. The minimum Gasteiger partial charge on any atom is -0.393 e. The second-order valence-corrected chi connectivity index (χ2v) is 5.59. The van der Waals surface area contributed by atoms with E-state index < -0.39 is 6.10 Å². The molecule has 6 heteroatoms. The van der Waals surface area contributed by atoms with Crippen LogP contribution in [0.25, 0.3) is 11.1 Å². The van der Waals surface area contributed by atoms with Gasteiger partial charge in [-0.15, -0.1) is 0 Å². The molecule has 6 nitrogen and oxygen atoms in total. The first-order chi connectivity index (χ1) is 9.90. The Hall–Kier alpha value is -1.95. The Bertz CT molecular complexity index is 647. The second-order valence-electron chi connectivity index (χ2n) is 5.59. The SMILES string of the molecule is Cc1noc2nc(C(C)C)cc(C(=O)NCCC(C)O)c12. The monoisotopic (exact) mass is 291 g/mol. The van der Waals surface area contributed by atoms with E-state index >= 15 is 0 Å². The molecule has 2 rings (SSSR count). The molecule has 0 aliphatic rings. The normalized spacial score (nSPS) is 12.9. The van der Waals surface area contributed by atoms with Crippen LogP contribution < -0.4 is 5.32 Å². The molecule has 0 aliphatic carbocycles. The number of aliphatic hydroxyl groups excluding tert-OH is 1. The zero-order chi connectivity index (χ0) is 15.6. The number of rotatable bonds is 5. The maximum absolute atomic E-state index is 12.4. The lowest BCUT2D eigenvalue weighted by Gasteiger charge is -2.10. The van der Waals surface area contributed by atoms with E-state index in [2.05, 4.69) is 15.5 Å². The van der Waals surface area contributed by atoms with Gasteiger partial charge < -0.3 is 14.9 Å². The van der Waals surface area contributed by atoms with E-state index in [1.165, 1.54) is 0 Å². The lowest BCUT2D eigenvalue weighted by atomic mass is 10.0. The van der Waals surface area contributed by atoms with Gasteiger partial charge in [0.2, 0.25) is 0 Å². The van der Waals surface area contributed by atoms with Gasteiger partial charge >= 0.3 is 0 Å². The van der Waals surface area contributed by atoms with Crippen molar-refractivity contribution in [3.63, 3.8) is 0 Å². The van der Waals surface area contributed by atoms with Crippen LogP contribution in [0.15, 0.2) is 10.6 Å². The number of aromatic nitrogens is 2. The van der Waals surface area contributed by atoms with E-state index in [0.717, 1.165) is 5.69 Å². The van der Waals surface area contributed by atoms with E-state index in [1.54, 1.807) is 19.9 Å². The van der Waals surface area contributed by atoms with Crippen molar-refractivity contribution >= 4 is 17.0 Å². The van der Waals surface area contributed by atoms with Gasteiger partial charge in [0.05, 0.1) is 22.7 Å². The molecule has 2 heterocycles. The number of hydrogen-bond acceptors (Lipinski definition) is 5. The van der Waals surface area contributed by atoms with Crippen LogP contribution in [0.5, 0.6) is 0 Å². The first-order valence-corrected chi connectivity index (χ1v) is 7.13. The van der Waals surface area contributed by atoms with Gasteiger partial charge in [-0.25, -0.2) is 4.98 Å². The number of amides is 1. The minimum absolute atomic E-state index is 0.184. The predicted molar refractivity (Wildman–Crippen MR) is 79.3 cm³/mol. The summed E-state index contributed by atoms with van der Waals surface area (Å²) in [4.78, 5) is 16.8. The van der Waals surface area contributed by atoms with Crippen LogP contribution in [-0.4, -0.2) is 33.8 Å². The Balaban J connectivity index is 2.36. The van der Waals surface area contributed by atoms with Crippen molar-refractivity contribution in [2.75, 3.05) is 6.54 Å². The lowest BCUT2D eigenvalue weighted by Crippen LogP contribution is -2.27. The molecule has 0 radical (unpaired) electrons. The number of carbonyl (C=O) groups excluding carboxylic acids is 1. The van der Waals surface area contributed by atoms with Gasteiger partial charge in [-0.3, -0.25) is 4.79 Å². The standard InChI is InChI=1S/C15H21N3O3/c1-8(2)12-7-11(14(20)16-6-5-9(3)19)13-10(4)18-21-15(13)17-12/h7-9,19H,5-6H2,1-4H3,(H,16,20). The zero-order valence-electron chi connectivity index (χ0n) is 12.8. The molecule has 21 heavy (non-hydrogen) atoms. The van der Waals surface area contributed by atoms with Gasteiger partial charge in [-0.2, -0.15) is 0 Å². The molecule has 0 aliphatic heterocycles. The van der Waals surface area contributed by atoms with Crippen molar-refractivity contribution in [3.05, 3.63) is 23.0 Å². The highest BCUT2D eigenvalue weighted by atomic mass is 16.5. The van der Waals surface area contributed by atoms with Gasteiger partial charge in [-0.05, 0) is 32.3 Å². The Morgan fingerprint density at radius 3 is 2.76 bits per heavy atom. The quantitative estimate of drug-likeness (QED) is 0.881. The average Bonchev–Trinajstić information content (AvgIpc) is 2.79. The topological polar surface area (TPSA) is 88.2 Å². The molecule has 2 aromatic rings. The van der Waals surface area contributed by atoms with Crippen molar-refractivity contribution < 1.29 is 14.4 Å². The summed E-state index contributed by atoms with van der Waals surface area (Å²) in [5.74, 6) is -0.0138. The Morgan fingerprint density at radius 1 is 1.43 bits per heavy atom. The molecule has 2 N–H and O–H groups in total. The number of fused-ring (bicyclic) bond motifs is 1. The maximum atomic E-state index is 12.4. The summed E-state index contributed by atoms with van der Waals surface area (Å²) in [7, 11) is 0. The fourth-order valence-electron chi connectivity index (χ4n) is 2.08. The molecule has 0 fully saturated rings. The average molecular weight is 291 g/mol. The number of carbonyl (C=O) groups is 1. The summed E-state index contributed by atoms with van der Waals surface area (Å²) < 4.78 is 5.19. The molecular weight excluding hydrogens is 270 g/mol. The minimum atomic E-state index is -0.439. The molecule has 1 amide bonds. The summed E-state index contributed by atoms with van der Waals surface area (Å²) in [6.45, 7) is 7.91. The molecule has 1 atom stereocenters. The van der Waals surface area contributed by atoms with Crippen molar-refractivity contribution in [1.29, 1.82) is 0 Å². The predicted octanol–water partition coefficient (Wildman–Crippen LogP) is 2.16. The number of aliphatic hydroxyl groups is 1. The van der Waals surface area contributed by atoms with Crippen LogP contribution in [0, 0.1) is 6.92 Å². The van der Waals surface area contributed by atoms with Crippen molar-refractivity contribution in [2.24, 2.45) is 0 Å². The molecule has 0 spiro atoms. The number of nitrogens with zero attached hydrogens (tertiary/aromatic N) is 2. The number of nitrogens with one attached hydrogen (secondary N) is 1. The van der Waals surface area contributed by atoms with Crippen molar-refractivity contribution in [3.8, 4) is 0 Å². The molecule has 0 aromatic carbocycles. The third-order valence-corrected chi connectivity index (χ3v) is 3.32. The Labute approximate surface area is 123 Å². The lowest BCUT2D eigenvalue weighted by molar-refractivity contribution is 0.0947.